The van der Waals surface area contributed by atoms with Crippen molar-refractivity contribution in [3.63, 3.8) is 0 Å². The Balaban J connectivity index is 2.02. The number of halogens is 3. The van der Waals surface area contributed by atoms with Crippen molar-refractivity contribution >= 4 is 28.7 Å². The van der Waals surface area contributed by atoms with Gasteiger partial charge in [-0.2, -0.15) is 0 Å². The molecule has 154 valence electrons. The summed E-state index contributed by atoms with van der Waals surface area (Å²) in [4.78, 5) is 26.4. The number of hydrogen-bond donors (Lipinski definition) is 1. The Morgan fingerprint density at radius 1 is 1.29 bits per heavy atom. The SMILES string of the molecule is CC(C)(C)OC[C@@H]1C(=O)NCCN1C(=O)C[C@H]([As])Cc1cc(F)c(F)cc1F. The number of carbonyl (C=O) groups is 2. The first-order chi connectivity index (χ1) is 13.0. The fourth-order valence-electron chi connectivity index (χ4n) is 2.87. The Labute approximate surface area is 171 Å². The Kier molecular flexibility index (Phi) is 7.57. The van der Waals surface area contributed by atoms with Crippen molar-refractivity contribution in [2.75, 3.05) is 19.7 Å². The van der Waals surface area contributed by atoms with E-state index in [1.54, 1.807) is 0 Å². The van der Waals surface area contributed by atoms with Gasteiger partial charge in [0.15, 0.2) is 0 Å². The van der Waals surface area contributed by atoms with Crippen LogP contribution in [0, 0.1) is 17.5 Å². The number of piperazine rings is 1. The molecule has 2 radical (unpaired) electrons. The van der Waals surface area contributed by atoms with Crippen LogP contribution in [0.5, 0.6) is 0 Å². The van der Waals surface area contributed by atoms with Crippen molar-refractivity contribution in [3.05, 3.63) is 35.1 Å². The number of rotatable bonds is 6. The van der Waals surface area contributed by atoms with Gasteiger partial charge >= 0.3 is 171 Å². The molecule has 5 nitrogen and oxygen atoms in total. The monoisotopic (exact) mass is 460 g/mol. The molecule has 2 atom stereocenters. The molecule has 0 aliphatic carbocycles. The number of carbonyl (C=O) groups excluding carboxylic acids is 2. The fraction of sp³-hybridized carbons (Fsp3) is 0.579. The average molecular weight is 460 g/mol. The van der Waals surface area contributed by atoms with Crippen LogP contribution in [0.2, 0.25) is 4.71 Å². The maximum absolute atomic E-state index is 13.8. The fourth-order valence-corrected chi connectivity index (χ4v) is 3.61. The predicted octanol–water partition coefficient (Wildman–Crippen LogP) is 2.14. The number of nitrogens with one attached hydrogen (secondary N) is 1. The van der Waals surface area contributed by atoms with Gasteiger partial charge in [-0.3, -0.25) is 0 Å². The third-order valence-electron chi connectivity index (χ3n) is 4.28. The Morgan fingerprint density at radius 2 is 1.93 bits per heavy atom. The summed E-state index contributed by atoms with van der Waals surface area (Å²) >= 11 is 2.25. The van der Waals surface area contributed by atoms with Gasteiger partial charge in [-0.25, -0.2) is 0 Å². The van der Waals surface area contributed by atoms with E-state index in [4.69, 9.17) is 4.74 Å². The Morgan fingerprint density at radius 3 is 2.57 bits per heavy atom. The van der Waals surface area contributed by atoms with Gasteiger partial charge in [0.2, 0.25) is 0 Å². The van der Waals surface area contributed by atoms with E-state index in [9.17, 15) is 22.8 Å². The second-order valence-corrected chi connectivity index (χ2v) is 9.27. The third kappa shape index (κ3) is 6.24. The molecular weight excluding hydrogens is 436 g/mol. The van der Waals surface area contributed by atoms with E-state index in [1.165, 1.54) is 4.90 Å². The van der Waals surface area contributed by atoms with E-state index in [1.807, 2.05) is 20.8 Å². The number of ether oxygens (including phenoxy) is 1. The van der Waals surface area contributed by atoms with Crippen LogP contribution in [0.25, 0.3) is 0 Å². The predicted molar refractivity (Wildman–Crippen MR) is 98.4 cm³/mol. The molecule has 1 fully saturated rings. The molecule has 0 bridgehead atoms. The zero-order chi connectivity index (χ0) is 21.1. The Hall–Kier alpha value is -1.53. The van der Waals surface area contributed by atoms with Gasteiger partial charge in [-0.05, 0) is 0 Å². The quantitative estimate of drug-likeness (QED) is 0.523. The van der Waals surface area contributed by atoms with Crippen LogP contribution in [-0.4, -0.2) is 64.9 Å². The minimum absolute atomic E-state index is 0.00123. The first-order valence-electron chi connectivity index (χ1n) is 9.00. The van der Waals surface area contributed by atoms with Crippen LogP contribution in [0.3, 0.4) is 0 Å². The summed E-state index contributed by atoms with van der Waals surface area (Å²) in [5.41, 5.74) is -0.456. The molecule has 1 aromatic carbocycles. The zero-order valence-electron chi connectivity index (χ0n) is 16.1. The number of nitrogens with zero attached hydrogens (tertiary/aromatic N) is 1. The summed E-state index contributed by atoms with van der Waals surface area (Å²) in [5.74, 6) is -3.78. The number of benzene rings is 1. The van der Waals surface area contributed by atoms with Crippen LogP contribution in [-0.2, 0) is 20.7 Å². The van der Waals surface area contributed by atoms with Crippen molar-refractivity contribution in [2.24, 2.45) is 0 Å². The van der Waals surface area contributed by atoms with Gasteiger partial charge in [0.25, 0.3) is 0 Å². The van der Waals surface area contributed by atoms with Crippen LogP contribution in [0.15, 0.2) is 12.1 Å². The van der Waals surface area contributed by atoms with E-state index < -0.39 is 29.1 Å². The van der Waals surface area contributed by atoms with Gasteiger partial charge in [0.1, 0.15) is 0 Å². The van der Waals surface area contributed by atoms with E-state index >= 15 is 0 Å². The van der Waals surface area contributed by atoms with Crippen molar-refractivity contribution in [1.29, 1.82) is 0 Å². The third-order valence-corrected chi connectivity index (χ3v) is 5.05. The van der Waals surface area contributed by atoms with E-state index in [2.05, 4.69) is 22.2 Å². The second-order valence-electron chi connectivity index (χ2n) is 7.74. The molecule has 1 heterocycles. The summed E-state index contributed by atoms with van der Waals surface area (Å²) < 4.78 is 45.5. The van der Waals surface area contributed by atoms with Crippen molar-refractivity contribution in [3.8, 4) is 0 Å². The zero-order valence-corrected chi connectivity index (χ0v) is 18.0. The van der Waals surface area contributed by atoms with Gasteiger partial charge in [0, 0.05) is 0 Å². The van der Waals surface area contributed by atoms with Gasteiger partial charge in [-0.15, -0.1) is 0 Å². The molecule has 1 aliphatic heterocycles. The molecule has 1 N–H and O–H groups in total. The van der Waals surface area contributed by atoms with Crippen molar-refractivity contribution < 1.29 is 27.5 Å². The van der Waals surface area contributed by atoms with Crippen molar-refractivity contribution in [1.82, 2.24) is 10.2 Å². The summed E-state index contributed by atoms with van der Waals surface area (Å²) in [6, 6.07) is 0.574. The molecule has 0 aromatic heterocycles. The van der Waals surface area contributed by atoms with E-state index in [-0.39, 0.29) is 41.5 Å². The summed E-state index contributed by atoms with van der Waals surface area (Å²) in [7, 11) is 0. The molecule has 0 saturated carbocycles. The first-order valence-corrected chi connectivity index (χ1v) is 10.1. The molecule has 2 rings (SSSR count). The maximum atomic E-state index is 13.8. The molecule has 0 spiro atoms. The van der Waals surface area contributed by atoms with Gasteiger partial charge in [-0.1, -0.05) is 0 Å². The standard InChI is InChI=1S/C19H24AsF3N2O3/c1-19(2,3)28-10-16-18(27)24-4-5-25(16)17(26)8-12(20)6-11-7-14(22)15(23)9-13(11)21/h7,9,12,16H,4-6,8,10H2,1-3H3,(H,24,27)/t12-,16-/m1/s1. The second kappa shape index (κ2) is 9.31. The minimum atomic E-state index is -1.25. The van der Waals surface area contributed by atoms with Gasteiger partial charge in [0.05, 0.1) is 0 Å². The topological polar surface area (TPSA) is 58.6 Å². The van der Waals surface area contributed by atoms with E-state index in [0.717, 1.165) is 6.07 Å². The molecule has 9 heteroatoms. The molecule has 1 aliphatic rings. The normalized spacial score (nSPS) is 18.8. The number of amides is 2. The van der Waals surface area contributed by atoms with Crippen molar-refractivity contribution in [2.45, 2.75) is 50.0 Å². The summed E-state index contributed by atoms with van der Waals surface area (Å²) in [6.07, 6.45) is 0.0791. The molecule has 2 amide bonds. The van der Waals surface area contributed by atoms with Crippen LogP contribution in [0.1, 0.15) is 32.8 Å². The molecule has 28 heavy (non-hydrogen) atoms. The van der Waals surface area contributed by atoms with Crippen LogP contribution < -0.4 is 5.32 Å². The average Bonchev–Trinajstić information content (AvgIpc) is 2.57. The molecule has 1 aromatic rings. The Bertz CT molecular complexity index is 740. The van der Waals surface area contributed by atoms with Gasteiger partial charge < -0.3 is 0 Å². The van der Waals surface area contributed by atoms with Crippen LogP contribution >= 0.6 is 0 Å². The van der Waals surface area contributed by atoms with Crippen LogP contribution in [0.4, 0.5) is 13.2 Å². The molecular formula is C19H24AsF3N2O3. The van der Waals surface area contributed by atoms with E-state index in [0.29, 0.717) is 19.2 Å². The number of hydrogen-bond acceptors (Lipinski definition) is 3. The summed E-state index contributed by atoms with van der Waals surface area (Å²) in [5, 5.41) is 2.72. The summed E-state index contributed by atoms with van der Waals surface area (Å²) in [6.45, 7) is 6.34. The molecule has 1 saturated heterocycles. The molecule has 0 unspecified atom stereocenters. The first kappa shape index (κ1) is 22.8.